The van der Waals surface area contributed by atoms with Gasteiger partial charge in [0.05, 0.1) is 4.92 Å². The zero-order valence-corrected chi connectivity index (χ0v) is 11.4. The Labute approximate surface area is 119 Å². The summed E-state index contributed by atoms with van der Waals surface area (Å²) in [6.45, 7) is 1.13. The van der Waals surface area contributed by atoms with Crippen LogP contribution in [0.5, 0.6) is 0 Å². The molecule has 1 amide bonds. The van der Waals surface area contributed by atoms with Gasteiger partial charge in [0.1, 0.15) is 11.4 Å². The maximum absolute atomic E-state index is 14.0. The van der Waals surface area contributed by atoms with E-state index in [0.29, 0.717) is 12.6 Å². The van der Waals surface area contributed by atoms with Gasteiger partial charge in [0.25, 0.3) is 5.91 Å². The summed E-state index contributed by atoms with van der Waals surface area (Å²) in [4.78, 5) is 23.0. The summed E-state index contributed by atoms with van der Waals surface area (Å²) in [6.07, 6.45) is 1.85. The fourth-order valence-electron chi connectivity index (χ4n) is 2.40. The molecule has 0 aromatic heterocycles. The molecule has 21 heavy (non-hydrogen) atoms. The van der Waals surface area contributed by atoms with Crippen molar-refractivity contribution in [1.82, 2.24) is 10.2 Å². The van der Waals surface area contributed by atoms with E-state index in [1.165, 1.54) is 11.9 Å². The van der Waals surface area contributed by atoms with E-state index in [1.54, 1.807) is 0 Å². The van der Waals surface area contributed by atoms with Crippen LogP contribution in [0.4, 0.5) is 14.5 Å². The summed E-state index contributed by atoms with van der Waals surface area (Å²) >= 11 is 0. The zero-order chi connectivity index (χ0) is 15.6. The molecule has 0 aliphatic carbocycles. The van der Waals surface area contributed by atoms with Gasteiger partial charge >= 0.3 is 5.69 Å². The average molecular weight is 299 g/mol. The van der Waals surface area contributed by atoms with Gasteiger partial charge in [-0.05, 0) is 25.5 Å². The van der Waals surface area contributed by atoms with Gasteiger partial charge in [-0.3, -0.25) is 14.9 Å². The second kappa shape index (κ2) is 6.13. The van der Waals surface area contributed by atoms with Crippen LogP contribution in [0.2, 0.25) is 0 Å². The van der Waals surface area contributed by atoms with Crippen LogP contribution in [0, 0.1) is 21.7 Å². The first-order valence-electron chi connectivity index (χ1n) is 6.53. The Kier molecular flexibility index (Phi) is 4.46. The molecular formula is C13H15F2N3O3. The maximum atomic E-state index is 14.0. The molecule has 2 rings (SSSR count). The summed E-state index contributed by atoms with van der Waals surface area (Å²) < 4.78 is 27.7. The van der Waals surface area contributed by atoms with Gasteiger partial charge in [0.2, 0.25) is 5.82 Å². The van der Waals surface area contributed by atoms with Crippen molar-refractivity contribution < 1.29 is 18.5 Å². The second-order valence-corrected chi connectivity index (χ2v) is 4.99. The predicted octanol–water partition coefficient (Wildman–Crippen LogP) is 1.70. The first-order chi connectivity index (χ1) is 9.91. The molecule has 8 heteroatoms. The van der Waals surface area contributed by atoms with Gasteiger partial charge in [0.15, 0.2) is 0 Å². The Morgan fingerprint density at radius 3 is 2.81 bits per heavy atom. The first-order valence-corrected chi connectivity index (χ1v) is 6.53. The number of hydrogen-bond donors (Lipinski definition) is 1. The summed E-state index contributed by atoms with van der Waals surface area (Å²) in [5, 5.41) is 13.8. The monoisotopic (exact) mass is 299 g/mol. The minimum absolute atomic E-state index is 0.0729. The van der Waals surface area contributed by atoms with E-state index in [0.717, 1.165) is 25.5 Å². The minimum atomic E-state index is -1.43. The lowest BCUT2D eigenvalue weighted by Gasteiger charge is -2.21. The molecule has 1 aromatic carbocycles. The molecule has 1 fully saturated rings. The molecule has 0 saturated carbocycles. The van der Waals surface area contributed by atoms with E-state index in [9.17, 15) is 23.7 Å². The third-order valence-corrected chi connectivity index (χ3v) is 3.48. The Morgan fingerprint density at radius 1 is 1.52 bits per heavy atom. The Hall–Kier alpha value is -2.09. The van der Waals surface area contributed by atoms with E-state index in [1.807, 2.05) is 0 Å². The van der Waals surface area contributed by atoms with Gasteiger partial charge in [0, 0.05) is 25.7 Å². The highest BCUT2D eigenvalue weighted by atomic mass is 19.1. The SMILES string of the molecule is CN(CC1CCCN1)C(=O)c1c(F)ccc([N+](=O)[O-])c1F. The highest BCUT2D eigenvalue weighted by molar-refractivity contribution is 5.95. The Morgan fingerprint density at radius 2 is 2.24 bits per heavy atom. The molecular weight excluding hydrogens is 284 g/mol. The van der Waals surface area contributed by atoms with Crippen molar-refractivity contribution >= 4 is 11.6 Å². The number of amides is 1. The van der Waals surface area contributed by atoms with E-state index >= 15 is 0 Å². The maximum Gasteiger partial charge on any atom is 0.305 e. The van der Waals surface area contributed by atoms with Crippen LogP contribution in [-0.4, -0.2) is 41.9 Å². The van der Waals surface area contributed by atoms with Crippen molar-refractivity contribution in [3.8, 4) is 0 Å². The fraction of sp³-hybridized carbons (Fsp3) is 0.462. The normalized spacial score (nSPS) is 17.8. The minimum Gasteiger partial charge on any atom is -0.340 e. The molecule has 1 aliphatic heterocycles. The number of nitro groups is 1. The van der Waals surface area contributed by atoms with Crippen LogP contribution in [0.25, 0.3) is 0 Å². The number of benzene rings is 1. The zero-order valence-electron chi connectivity index (χ0n) is 11.4. The van der Waals surface area contributed by atoms with Crippen LogP contribution in [0.3, 0.4) is 0 Å². The lowest BCUT2D eigenvalue weighted by molar-refractivity contribution is -0.387. The number of rotatable bonds is 4. The number of nitrogens with zero attached hydrogens (tertiary/aromatic N) is 2. The van der Waals surface area contributed by atoms with Gasteiger partial charge < -0.3 is 10.2 Å². The van der Waals surface area contributed by atoms with Crippen molar-refractivity contribution in [2.75, 3.05) is 20.1 Å². The Bertz CT molecular complexity index is 574. The van der Waals surface area contributed by atoms with Crippen molar-refractivity contribution in [2.45, 2.75) is 18.9 Å². The second-order valence-electron chi connectivity index (χ2n) is 4.99. The van der Waals surface area contributed by atoms with E-state index in [-0.39, 0.29) is 6.04 Å². The predicted molar refractivity (Wildman–Crippen MR) is 71.0 cm³/mol. The summed E-state index contributed by atoms with van der Waals surface area (Å²) in [5.41, 5.74) is -1.79. The smallest absolute Gasteiger partial charge is 0.305 e. The number of carbonyl (C=O) groups is 1. The van der Waals surface area contributed by atoms with Crippen molar-refractivity contribution in [2.24, 2.45) is 0 Å². The van der Waals surface area contributed by atoms with Crippen LogP contribution in [0.1, 0.15) is 23.2 Å². The molecule has 114 valence electrons. The molecule has 0 bridgehead atoms. The van der Waals surface area contributed by atoms with Gasteiger partial charge in [-0.15, -0.1) is 0 Å². The fourth-order valence-corrected chi connectivity index (χ4v) is 2.40. The number of carbonyl (C=O) groups excluding carboxylic acids is 1. The first kappa shape index (κ1) is 15.3. The van der Waals surface area contributed by atoms with E-state index in [2.05, 4.69) is 5.32 Å². The third-order valence-electron chi connectivity index (χ3n) is 3.48. The number of nitrogens with one attached hydrogen (secondary N) is 1. The summed E-state index contributed by atoms with van der Waals surface area (Å²) in [6, 6.07) is 1.51. The quantitative estimate of drug-likeness (QED) is 0.678. The largest absolute Gasteiger partial charge is 0.340 e. The van der Waals surface area contributed by atoms with E-state index < -0.39 is 33.7 Å². The molecule has 1 aromatic rings. The molecule has 6 nitrogen and oxygen atoms in total. The van der Waals surface area contributed by atoms with Crippen molar-refractivity contribution in [3.63, 3.8) is 0 Å². The van der Waals surface area contributed by atoms with Crippen LogP contribution < -0.4 is 5.32 Å². The molecule has 1 aliphatic rings. The van der Waals surface area contributed by atoms with Gasteiger partial charge in [-0.1, -0.05) is 0 Å². The number of nitro benzene ring substituents is 1. The van der Waals surface area contributed by atoms with Crippen molar-refractivity contribution in [3.05, 3.63) is 39.4 Å². The lowest BCUT2D eigenvalue weighted by Crippen LogP contribution is -2.39. The number of hydrogen-bond acceptors (Lipinski definition) is 4. The van der Waals surface area contributed by atoms with Gasteiger partial charge in [-0.25, -0.2) is 4.39 Å². The molecule has 0 radical (unpaired) electrons. The summed E-state index contributed by atoms with van der Waals surface area (Å²) in [7, 11) is 1.42. The topological polar surface area (TPSA) is 75.5 Å². The third kappa shape index (κ3) is 3.15. The summed E-state index contributed by atoms with van der Waals surface area (Å²) in [5.74, 6) is -3.44. The van der Waals surface area contributed by atoms with E-state index in [4.69, 9.17) is 0 Å². The number of likely N-dealkylation sites (N-methyl/N-ethyl adjacent to an activating group) is 1. The lowest BCUT2D eigenvalue weighted by atomic mass is 10.1. The standard InChI is InChI=1S/C13H15F2N3O3/c1-17(7-8-3-2-6-16-8)13(19)11-9(14)4-5-10(12(11)15)18(20)21/h4-5,8,16H,2-3,6-7H2,1H3. The molecule has 1 atom stereocenters. The number of halogens is 2. The molecule has 1 unspecified atom stereocenters. The van der Waals surface area contributed by atoms with Crippen LogP contribution >= 0.6 is 0 Å². The van der Waals surface area contributed by atoms with Gasteiger partial charge in [-0.2, -0.15) is 4.39 Å². The average Bonchev–Trinajstić information content (AvgIpc) is 2.90. The van der Waals surface area contributed by atoms with Crippen LogP contribution in [-0.2, 0) is 0 Å². The van der Waals surface area contributed by atoms with Crippen molar-refractivity contribution in [1.29, 1.82) is 0 Å². The molecule has 1 saturated heterocycles. The molecule has 1 heterocycles. The highest BCUT2D eigenvalue weighted by Crippen LogP contribution is 2.24. The Balaban J connectivity index is 2.25. The molecule has 1 N–H and O–H groups in total. The highest BCUT2D eigenvalue weighted by Gasteiger charge is 2.29. The molecule has 0 spiro atoms. The van der Waals surface area contributed by atoms with Crippen LogP contribution in [0.15, 0.2) is 12.1 Å².